The molecule has 0 aromatic heterocycles. The van der Waals surface area contributed by atoms with Gasteiger partial charge in [-0.25, -0.2) is 0 Å². The van der Waals surface area contributed by atoms with Crippen LogP contribution in [0.2, 0.25) is 5.02 Å². The highest BCUT2D eigenvalue weighted by Crippen LogP contribution is 2.24. The van der Waals surface area contributed by atoms with Crippen LogP contribution in [0.15, 0.2) is 53.4 Å². The van der Waals surface area contributed by atoms with Gasteiger partial charge < -0.3 is 14.8 Å². The maximum Gasteiger partial charge on any atom is 0.220 e. The van der Waals surface area contributed by atoms with Gasteiger partial charge in [-0.15, -0.1) is 11.8 Å². The predicted octanol–water partition coefficient (Wildman–Crippen LogP) is 4.02. The molecule has 1 aliphatic rings. The molecule has 156 valence electrons. The van der Waals surface area contributed by atoms with Crippen molar-refractivity contribution in [2.24, 2.45) is 0 Å². The molecular weight excluding hydrogens is 408 g/mol. The number of benzene rings is 2. The molecule has 1 N–H and O–H groups in total. The Morgan fingerprint density at radius 3 is 2.52 bits per heavy atom. The first-order valence-corrected chi connectivity index (χ1v) is 11.1. The van der Waals surface area contributed by atoms with E-state index in [4.69, 9.17) is 21.1 Å². The summed E-state index contributed by atoms with van der Waals surface area (Å²) in [7, 11) is 1.66. The SMILES string of the molecule is COc1ccc(C(CNC(=O)CCSc2ccc(Cl)cc2)N2CCOCC2)cc1. The Kier molecular flexibility index (Phi) is 8.68. The molecule has 0 spiro atoms. The minimum Gasteiger partial charge on any atom is -0.497 e. The van der Waals surface area contributed by atoms with Crippen LogP contribution in [0.1, 0.15) is 18.0 Å². The summed E-state index contributed by atoms with van der Waals surface area (Å²) in [4.78, 5) is 15.9. The highest BCUT2D eigenvalue weighted by Gasteiger charge is 2.23. The molecule has 1 amide bonds. The van der Waals surface area contributed by atoms with E-state index in [-0.39, 0.29) is 11.9 Å². The van der Waals surface area contributed by atoms with E-state index in [0.717, 1.165) is 47.7 Å². The standard InChI is InChI=1S/C22H27ClN2O3S/c1-27-19-6-2-17(3-7-19)21(25-11-13-28-14-12-25)16-24-22(26)10-15-29-20-8-4-18(23)5-9-20/h2-9,21H,10-16H2,1H3,(H,24,26). The minimum atomic E-state index is 0.0678. The lowest BCUT2D eigenvalue weighted by molar-refractivity contribution is -0.121. The molecule has 0 radical (unpaired) electrons. The van der Waals surface area contributed by atoms with Crippen LogP contribution in [0, 0.1) is 0 Å². The number of amides is 1. The molecule has 1 unspecified atom stereocenters. The van der Waals surface area contributed by atoms with Crippen molar-refractivity contribution in [2.45, 2.75) is 17.4 Å². The lowest BCUT2D eigenvalue weighted by Crippen LogP contribution is -2.43. The molecule has 0 saturated carbocycles. The van der Waals surface area contributed by atoms with Crippen LogP contribution in [0.4, 0.5) is 0 Å². The molecule has 1 aliphatic heterocycles. The maximum absolute atomic E-state index is 12.4. The Labute approximate surface area is 181 Å². The summed E-state index contributed by atoms with van der Waals surface area (Å²) in [5, 5.41) is 3.84. The highest BCUT2D eigenvalue weighted by atomic mass is 35.5. The van der Waals surface area contributed by atoms with E-state index in [1.165, 1.54) is 5.56 Å². The van der Waals surface area contributed by atoms with Crippen LogP contribution in [-0.4, -0.2) is 56.5 Å². The summed E-state index contributed by atoms with van der Waals surface area (Å²) in [6.45, 7) is 3.74. The largest absolute Gasteiger partial charge is 0.497 e. The van der Waals surface area contributed by atoms with Gasteiger partial charge in [-0.2, -0.15) is 0 Å². The second-order valence-corrected chi connectivity index (χ2v) is 8.40. The minimum absolute atomic E-state index is 0.0678. The normalized spacial score (nSPS) is 15.7. The van der Waals surface area contributed by atoms with E-state index in [1.54, 1.807) is 18.9 Å². The summed E-state index contributed by atoms with van der Waals surface area (Å²) < 4.78 is 10.8. The molecule has 3 rings (SSSR count). The quantitative estimate of drug-likeness (QED) is 0.604. The Hall–Kier alpha value is -1.73. The van der Waals surface area contributed by atoms with Crippen LogP contribution in [0.3, 0.4) is 0 Å². The van der Waals surface area contributed by atoms with Crippen molar-refractivity contribution in [1.82, 2.24) is 10.2 Å². The fourth-order valence-corrected chi connectivity index (χ4v) is 4.24. The van der Waals surface area contributed by atoms with E-state index < -0.39 is 0 Å². The second kappa shape index (κ2) is 11.5. The molecule has 5 nitrogen and oxygen atoms in total. The van der Waals surface area contributed by atoms with Crippen molar-refractivity contribution in [3.05, 3.63) is 59.1 Å². The van der Waals surface area contributed by atoms with Crippen molar-refractivity contribution in [3.8, 4) is 5.75 Å². The van der Waals surface area contributed by atoms with Crippen LogP contribution >= 0.6 is 23.4 Å². The molecule has 7 heteroatoms. The molecule has 1 atom stereocenters. The average molecular weight is 435 g/mol. The third-order valence-electron chi connectivity index (χ3n) is 4.89. The number of thioether (sulfide) groups is 1. The summed E-state index contributed by atoms with van der Waals surface area (Å²) in [5.41, 5.74) is 1.17. The number of nitrogens with one attached hydrogen (secondary N) is 1. The Balaban J connectivity index is 1.52. The Morgan fingerprint density at radius 1 is 1.17 bits per heavy atom. The highest BCUT2D eigenvalue weighted by molar-refractivity contribution is 7.99. The van der Waals surface area contributed by atoms with Crippen LogP contribution in [0.25, 0.3) is 0 Å². The zero-order chi connectivity index (χ0) is 20.5. The van der Waals surface area contributed by atoms with Crippen molar-refractivity contribution in [3.63, 3.8) is 0 Å². The second-order valence-electron chi connectivity index (χ2n) is 6.79. The molecule has 29 heavy (non-hydrogen) atoms. The molecule has 2 aromatic rings. The summed E-state index contributed by atoms with van der Waals surface area (Å²) in [6.07, 6.45) is 0.478. The van der Waals surface area contributed by atoms with Gasteiger partial charge in [0.25, 0.3) is 0 Å². The fourth-order valence-electron chi connectivity index (χ4n) is 3.26. The summed E-state index contributed by atoms with van der Waals surface area (Å²) in [6, 6.07) is 15.9. The van der Waals surface area contributed by atoms with E-state index in [2.05, 4.69) is 22.3 Å². The van der Waals surface area contributed by atoms with Gasteiger partial charge in [0.1, 0.15) is 5.75 Å². The number of carbonyl (C=O) groups is 1. The molecule has 1 saturated heterocycles. The Morgan fingerprint density at radius 2 is 1.86 bits per heavy atom. The molecule has 0 bridgehead atoms. The third kappa shape index (κ3) is 6.93. The van der Waals surface area contributed by atoms with Gasteiger partial charge in [0.05, 0.1) is 26.4 Å². The van der Waals surface area contributed by atoms with Gasteiger partial charge in [-0.05, 0) is 42.0 Å². The van der Waals surface area contributed by atoms with Crippen molar-refractivity contribution in [1.29, 1.82) is 0 Å². The van der Waals surface area contributed by atoms with Crippen molar-refractivity contribution < 1.29 is 14.3 Å². The van der Waals surface area contributed by atoms with E-state index in [0.29, 0.717) is 13.0 Å². The summed E-state index contributed by atoms with van der Waals surface area (Å²) >= 11 is 7.57. The molecule has 2 aromatic carbocycles. The van der Waals surface area contributed by atoms with Crippen LogP contribution in [0.5, 0.6) is 5.75 Å². The van der Waals surface area contributed by atoms with Gasteiger partial charge in [0.15, 0.2) is 0 Å². The summed E-state index contributed by atoms with van der Waals surface area (Å²) in [5.74, 6) is 1.63. The Bertz CT molecular complexity index is 765. The molecule has 0 aliphatic carbocycles. The van der Waals surface area contributed by atoms with Gasteiger partial charge in [0, 0.05) is 41.7 Å². The topological polar surface area (TPSA) is 50.8 Å². The smallest absolute Gasteiger partial charge is 0.220 e. The first-order chi connectivity index (χ1) is 14.2. The van der Waals surface area contributed by atoms with Crippen LogP contribution in [-0.2, 0) is 9.53 Å². The van der Waals surface area contributed by atoms with Crippen LogP contribution < -0.4 is 10.1 Å². The van der Waals surface area contributed by atoms with Gasteiger partial charge in [-0.3, -0.25) is 9.69 Å². The van der Waals surface area contributed by atoms with Gasteiger partial charge in [0.2, 0.25) is 5.91 Å². The molecule has 1 heterocycles. The first kappa shape index (κ1) is 22.0. The number of halogens is 1. The lowest BCUT2D eigenvalue weighted by atomic mass is 10.0. The number of ether oxygens (including phenoxy) is 2. The maximum atomic E-state index is 12.4. The predicted molar refractivity (Wildman–Crippen MR) is 118 cm³/mol. The van der Waals surface area contributed by atoms with Gasteiger partial charge in [-0.1, -0.05) is 23.7 Å². The molecule has 1 fully saturated rings. The van der Waals surface area contributed by atoms with Gasteiger partial charge >= 0.3 is 0 Å². The number of methoxy groups -OCH3 is 1. The zero-order valence-corrected chi connectivity index (χ0v) is 18.2. The monoisotopic (exact) mass is 434 g/mol. The number of hydrogen-bond acceptors (Lipinski definition) is 5. The number of nitrogens with zero attached hydrogens (tertiary/aromatic N) is 1. The van der Waals surface area contributed by atoms with E-state index >= 15 is 0 Å². The zero-order valence-electron chi connectivity index (χ0n) is 16.6. The van der Waals surface area contributed by atoms with E-state index in [9.17, 15) is 4.79 Å². The molecular formula is C22H27ClN2O3S. The van der Waals surface area contributed by atoms with E-state index in [1.807, 2.05) is 36.4 Å². The number of morpholine rings is 1. The number of rotatable bonds is 9. The fraction of sp³-hybridized carbons (Fsp3) is 0.409. The van der Waals surface area contributed by atoms with Crippen molar-refractivity contribution in [2.75, 3.05) is 45.7 Å². The average Bonchev–Trinajstić information content (AvgIpc) is 2.76. The first-order valence-electron chi connectivity index (χ1n) is 9.76. The third-order valence-corrected chi connectivity index (χ3v) is 6.16. The number of hydrogen-bond donors (Lipinski definition) is 1. The van der Waals surface area contributed by atoms with Crippen molar-refractivity contribution >= 4 is 29.3 Å². The number of carbonyl (C=O) groups excluding carboxylic acids is 1. The lowest BCUT2D eigenvalue weighted by Gasteiger charge is -2.35.